The van der Waals surface area contributed by atoms with Crippen LogP contribution in [0, 0.1) is 0 Å². The molecular weight excluding hydrogens is 292 g/mol. The average molecular weight is 314 g/mol. The quantitative estimate of drug-likeness (QED) is 0.676. The summed E-state index contributed by atoms with van der Waals surface area (Å²) in [4.78, 5) is 12.0. The van der Waals surface area contributed by atoms with Crippen LogP contribution in [0.5, 0.6) is 0 Å². The first kappa shape index (κ1) is 17.4. The van der Waals surface area contributed by atoms with Crippen LogP contribution in [0.2, 0.25) is 0 Å². The smallest absolute Gasteiger partial charge is 0.301 e. The Labute approximate surface area is 125 Å². The molecule has 1 amide bonds. The summed E-state index contributed by atoms with van der Waals surface area (Å²) in [7, 11) is -2.23. The van der Waals surface area contributed by atoms with Crippen molar-refractivity contribution in [2.24, 2.45) is 5.73 Å². The molecule has 0 fully saturated rings. The van der Waals surface area contributed by atoms with Crippen LogP contribution in [0.25, 0.3) is 0 Å². The van der Waals surface area contributed by atoms with Crippen LogP contribution in [0.15, 0.2) is 24.3 Å². The van der Waals surface area contributed by atoms with Gasteiger partial charge < -0.3 is 11.1 Å². The van der Waals surface area contributed by atoms with Crippen LogP contribution < -0.4 is 15.8 Å². The molecule has 118 valence electrons. The van der Waals surface area contributed by atoms with Gasteiger partial charge in [-0.3, -0.25) is 9.52 Å². The van der Waals surface area contributed by atoms with Crippen LogP contribution in [0.4, 0.5) is 5.69 Å². The first-order valence-electron chi connectivity index (χ1n) is 6.62. The predicted molar refractivity (Wildman–Crippen MR) is 83.3 cm³/mol. The van der Waals surface area contributed by atoms with Crippen molar-refractivity contribution < 1.29 is 13.2 Å². The largest absolute Gasteiger partial charge is 0.351 e. The van der Waals surface area contributed by atoms with Gasteiger partial charge in [0, 0.05) is 26.2 Å². The number of carbonyl (C=O) groups is 1. The van der Waals surface area contributed by atoms with Gasteiger partial charge in [-0.1, -0.05) is 12.1 Å². The van der Waals surface area contributed by atoms with Gasteiger partial charge in [0.2, 0.25) is 0 Å². The first-order chi connectivity index (χ1) is 9.79. The average Bonchev–Trinajstić information content (AvgIpc) is 2.43. The number of carbonyl (C=O) groups excluding carboxylic acids is 1. The van der Waals surface area contributed by atoms with Crippen molar-refractivity contribution >= 4 is 21.8 Å². The van der Waals surface area contributed by atoms with E-state index in [0.717, 1.165) is 0 Å². The van der Waals surface area contributed by atoms with Crippen molar-refractivity contribution in [3.63, 3.8) is 0 Å². The van der Waals surface area contributed by atoms with E-state index in [2.05, 4.69) is 10.0 Å². The minimum absolute atomic E-state index is 0.194. The number of hydrogen-bond donors (Lipinski definition) is 3. The van der Waals surface area contributed by atoms with E-state index in [1.165, 1.54) is 11.4 Å². The summed E-state index contributed by atoms with van der Waals surface area (Å²) in [5.74, 6) is -0.369. The Morgan fingerprint density at radius 1 is 1.33 bits per heavy atom. The van der Waals surface area contributed by atoms with E-state index in [1.807, 2.05) is 0 Å². The molecular formula is C13H22N4O3S. The lowest BCUT2D eigenvalue weighted by molar-refractivity contribution is 0.0955. The highest BCUT2D eigenvalue weighted by atomic mass is 32.2. The van der Waals surface area contributed by atoms with E-state index in [4.69, 9.17) is 5.73 Å². The Balaban J connectivity index is 3.02. The van der Waals surface area contributed by atoms with Crippen molar-refractivity contribution in [1.29, 1.82) is 0 Å². The molecule has 8 heteroatoms. The third-order valence-corrected chi connectivity index (χ3v) is 4.60. The summed E-state index contributed by atoms with van der Waals surface area (Å²) in [6, 6.07) is 6.23. The van der Waals surface area contributed by atoms with Crippen molar-refractivity contribution in [3.8, 4) is 0 Å². The van der Waals surface area contributed by atoms with Crippen LogP contribution in [0.1, 0.15) is 24.2 Å². The van der Waals surface area contributed by atoms with Gasteiger partial charge in [0.1, 0.15) is 0 Å². The zero-order valence-corrected chi connectivity index (χ0v) is 13.3. The Kier molecular flexibility index (Phi) is 6.13. The van der Waals surface area contributed by atoms with Gasteiger partial charge >= 0.3 is 10.2 Å². The molecule has 0 atom stereocenters. The molecule has 21 heavy (non-hydrogen) atoms. The maximum atomic E-state index is 12.2. The van der Waals surface area contributed by atoms with Crippen LogP contribution >= 0.6 is 0 Å². The third kappa shape index (κ3) is 4.69. The number of nitrogens with one attached hydrogen (secondary N) is 2. The van der Waals surface area contributed by atoms with Gasteiger partial charge in [-0.05, 0) is 26.0 Å². The fraction of sp³-hybridized carbons (Fsp3) is 0.462. The molecule has 0 spiro atoms. The van der Waals surface area contributed by atoms with E-state index in [0.29, 0.717) is 13.1 Å². The second-order valence-electron chi connectivity index (χ2n) is 4.81. The number of nitrogens with zero attached hydrogens (tertiary/aromatic N) is 1. The molecule has 0 saturated heterocycles. The summed E-state index contributed by atoms with van der Waals surface area (Å²) >= 11 is 0. The molecule has 0 aliphatic rings. The van der Waals surface area contributed by atoms with Crippen LogP contribution in [-0.2, 0) is 10.2 Å². The highest BCUT2D eigenvalue weighted by molar-refractivity contribution is 7.90. The molecule has 0 radical (unpaired) electrons. The molecule has 0 bridgehead atoms. The molecule has 4 N–H and O–H groups in total. The lowest BCUT2D eigenvalue weighted by Gasteiger charge is -2.22. The topological polar surface area (TPSA) is 105 Å². The predicted octanol–water partition coefficient (Wildman–Crippen LogP) is 0.372. The minimum atomic E-state index is -3.71. The molecule has 1 aromatic carbocycles. The number of benzene rings is 1. The summed E-state index contributed by atoms with van der Waals surface area (Å²) in [5.41, 5.74) is 5.83. The van der Waals surface area contributed by atoms with E-state index in [1.54, 1.807) is 38.1 Å². The van der Waals surface area contributed by atoms with Gasteiger partial charge in [-0.25, -0.2) is 0 Å². The monoisotopic (exact) mass is 314 g/mol. The van der Waals surface area contributed by atoms with Crippen molar-refractivity contribution in [3.05, 3.63) is 29.8 Å². The lowest BCUT2D eigenvalue weighted by atomic mass is 10.1. The normalized spacial score (nSPS) is 11.7. The second-order valence-corrected chi connectivity index (χ2v) is 6.54. The molecule has 0 aliphatic carbocycles. The zero-order valence-electron chi connectivity index (χ0n) is 12.5. The minimum Gasteiger partial charge on any atom is -0.351 e. The van der Waals surface area contributed by atoms with E-state index < -0.39 is 10.2 Å². The van der Waals surface area contributed by atoms with E-state index in [-0.39, 0.29) is 23.2 Å². The second kappa shape index (κ2) is 7.39. The maximum Gasteiger partial charge on any atom is 0.301 e. The van der Waals surface area contributed by atoms with Crippen LogP contribution in [-0.4, -0.2) is 44.8 Å². The Bertz CT molecular complexity index is 587. The van der Waals surface area contributed by atoms with Gasteiger partial charge in [0.05, 0.1) is 11.3 Å². The summed E-state index contributed by atoms with van der Waals surface area (Å²) in [5, 5.41) is 2.61. The third-order valence-electron chi connectivity index (χ3n) is 2.95. The van der Waals surface area contributed by atoms with Gasteiger partial charge in [-0.15, -0.1) is 0 Å². The van der Waals surface area contributed by atoms with E-state index >= 15 is 0 Å². The zero-order chi connectivity index (χ0) is 16.0. The number of rotatable bonds is 7. The standard InChI is InChI=1S/C13H22N4O3S/c1-10(2)17(3)21(19,20)16-12-7-5-4-6-11(12)13(18)15-9-8-14/h4-7,10,16H,8-9,14H2,1-3H3,(H,15,18). The lowest BCUT2D eigenvalue weighted by Crippen LogP contribution is -2.38. The summed E-state index contributed by atoms with van der Waals surface area (Å²) in [6.45, 7) is 4.17. The van der Waals surface area contributed by atoms with Gasteiger partial charge in [-0.2, -0.15) is 12.7 Å². The number of amides is 1. The summed E-state index contributed by atoms with van der Waals surface area (Å²) < 4.78 is 28.0. The molecule has 1 rings (SSSR count). The Morgan fingerprint density at radius 3 is 2.52 bits per heavy atom. The Hall–Kier alpha value is -1.64. The number of hydrogen-bond acceptors (Lipinski definition) is 4. The molecule has 1 aromatic rings. The number of nitrogens with two attached hydrogens (primary N) is 1. The van der Waals surface area contributed by atoms with Crippen molar-refractivity contribution in [1.82, 2.24) is 9.62 Å². The summed E-state index contributed by atoms with van der Waals surface area (Å²) in [6.07, 6.45) is 0. The highest BCUT2D eigenvalue weighted by Crippen LogP contribution is 2.18. The molecule has 7 nitrogen and oxygen atoms in total. The molecule has 0 aromatic heterocycles. The number of para-hydroxylation sites is 1. The molecule has 0 unspecified atom stereocenters. The molecule has 0 saturated carbocycles. The SMILES string of the molecule is CC(C)N(C)S(=O)(=O)Nc1ccccc1C(=O)NCCN. The number of anilines is 1. The first-order valence-corrected chi connectivity index (χ1v) is 8.06. The van der Waals surface area contributed by atoms with Crippen molar-refractivity contribution in [2.45, 2.75) is 19.9 Å². The van der Waals surface area contributed by atoms with Crippen molar-refractivity contribution in [2.75, 3.05) is 24.9 Å². The fourth-order valence-electron chi connectivity index (χ4n) is 1.54. The molecule has 0 heterocycles. The van der Waals surface area contributed by atoms with Crippen LogP contribution in [0.3, 0.4) is 0 Å². The van der Waals surface area contributed by atoms with Gasteiger partial charge in [0.25, 0.3) is 5.91 Å². The maximum absolute atomic E-state index is 12.2. The van der Waals surface area contributed by atoms with E-state index in [9.17, 15) is 13.2 Å². The highest BCUT2D eigenvalue weighted by Gasteiger charge is 2.22. The van der Waals surface area contributed by atoms with Gasteiger partial charge in [0.15, 0.2) is 0 Å². The molecule has 0 aliphatic heterocycles. The fourth-order valence-corrected chi connectivity index (χ4v) is 2.69. The Morgan fingerprint density at radius 2 is 1.95 bits per heavy atom.